The Morgan fingerprint density at radius 2 is 1.85 bits per heavy atom. The Hall–Kier alpha value is -2.74. The first-order valence-electron chi connectivity index (χ1n) is 8.32. The molecular formula is C19H18F2N4OS. The molecule has 0 fully saturated rings. The number of anilines is 1. The van der Waals surface area contributed by atoms with Crippen molar-refractivity contribution in [3.05, 3.63) is 72.1 Å². The number of rotatable bonds is 6. The SMILES string of the molecule is CC(Sc1nncn1C(C)c1ccccc1)C(=O)Nc1ccc(F)c(F)c1. The summed E-state index contributed by atoms with van der Waals surface area (Å²) >= 11 is 1.24. The van der Waals surface area contributed by atoms with E-state index in [-0.39, 0.29) is 17.6 Å². The zero-order chi connectivity index (χ0) is 19.4. The van der Waals surface area contributed by atoms with Gasteiger partial charge in [0.2, 0.25) is 5.91 Å². The Morgan fingerprint density at radius 1 is 1.11 bits per heavy atom. The summed E-state index contributed by atoms with van der Waals surface area (Å²) in [6, 6.07) is 13.1. The highest BCUT2D eigenvalue weighted by Crippen LogP contribution is 2.27. The Morgan fingerprint density at radius 3 is 2.56 bits per heavy atom. The second-order valence-corrected chi connectivity index (χ2v) is 7.29. The quantitative estimate of drug-likeness (QED) is 0.640. The standard InChI is InChI=1S/C19H18F2N4OS/c1-12(14-6-4-3-5-7-14)25-11-22-24-19(25)27-13(2)18(26)23-15-8-9-16(20)17(21)10-15/h3-13H,1-2H3,(H,23,26). The second-order valence-electron chi connectivity index (χ2n) is 5.99. The van der Waals surface area contributed by atoms with E-state index in [1.54, 1.807) is 13.3 Å². The number of amides is 1. The van der Waals surface area contributed by atoms with Crippen molar-refractivity contribution in [3.63, 3.8) is 0 Å². The number of carbonyl (C=O) groups excluding carboxylic acids is 1. The molecule has 0 aliphatic carbocycles. The van der Waals surface area contributed by atoms with Gasteiger partial charge in [0.1, 0.15) is 6.33 Å². The molecule has 0 aliphatic heterocycles. The van der Waals surface area contributed by atoms with Crippen molar-refractivity contribution < 1.29 is 13.6 Å². The van der Waals surface area contributed by atoms with Crippen LogP contribution in [-0.4, -0.2) is 25.9 Å². The third-order valence-corrected chi connectivity index (χ3v) is 5.15. The highest BCUT2D eigenvalue weighted by Gasteiger charge is 2.20. The van der Waals surface area contributed by atoms with Crippen LogP contribution in [0.3, 0.4) is 0 Å². The lowest BCUT2D eigenvalue weighted by atomic mass is 10.1. The van der Waals surface area contributed by atoms with Gasteiger partial charge < -0.3 is 9.88 Å². The van der Waals surface area contributed by atoms with Gasteiger partial charge in [0, 0.05) is 11.8 Å². The molecule has 1 amide bonds. The predicted molar refractivity (Wildman–Crippen MR) is 101 cm³/mol. The molecule has 2 aromatic carbocycles. The second kappa shape index (κ2) is 8.30. The number of hydrogen-bond donors (Lipinski definition) is 1. The van der Waals surface area contributed by atoms with E-state index in [4.69, 9.17) is 0 Å². The van der Waals surface area contributed by atoms with Crippen molar-refractivity contribution in [3.8, 4) is 0 Å². The average Bonchev–Trinajstić information content (AvgIpc) is 3.12. The minimum Gasteiger partial charge on any atom is -0.325 e. The van der Waals surface area contributed by atoms with Crippen LogP contribution in [0.25, 0.3) is 0 Å². The normalized spacial score (nSPS) is 13.2. The maximum atomic E-state index is 13.3. The molecule has 0 saturated carbocycles. The first-order valence-corrected chi connectivity index (χ1v) is 9.20. The number of nitrogens with one attached hydrogen (secondary N) is 1. The van der Waals surface area contributed by atoms with Crippen LogP contribution < -0.4 is 5.32 Å². The van der Waals surface area contributed by atoms with Gasteiger partial charge in [-0.1, -0.05) is 42.1 Å². The fraction of sp³-hybridized carbons (Fsp3) is 0.211. The molecule has 0 aliphatic rings. The van der Waals surface area contributed by atoms with E-state index in [9.17, 15) is 13.6 Å². The van der Waals surface area contributed by atoms with E-state index >= 15 is 0 Å². The van der Waals surface area contributed by atoms with Gasteiger partial charge in [0.15, 0.2) is 16.8 Å². The van der Waals surface area contributed by atoms with Crippen LogP contribution in [0.15, 0.2) is 60.0 Å². The molecule has 27 heavy (non-hydrogen) atoms. The Bertz CT molecular complexity index is 932. The van der Waals surface area contributed by atoms with Gasteiger partial charge in [-0.3, -0.25) is 4.79 Å². The molecule has 140 valence electrons. The Kier molecular flexibility index (Phi) is 5.85. The van der Waals surface area contributed by atoms with Crippen LogP contribution in [0.1, 0.15) is 25.5 Å². The molecule has 2 unspecified atom stereocenters. The van der Waals surface area contributed by atoms with Crippen molar-refractivity contribution in [1.82, 2.24) is 14.8 Å². The first-order chi connectivity index (χ1) is 13.0. The minimum atomic E-state index is -1.01. The first kappa shape index (κ1) is 19.0. The third kappa shape index (κ3) is 4.51. The van der Waals surface area contributed by atoms with Gasteiger partial charge in [0.25, 0.3) is 0 Å². The van der Waals surface area contributed by atoms with Crippen molar-refractivity contribution in [2.24, 2.45) is 0 Å². The van der Waals surface area contributed by atoms with E-state index < -0.39 is 16.9 Å². The zero-order valence-corrected chi connectivity index (χ0v) is 15.6. The summed E-state index contributed by atoms with van der Waals surface area (Å²) in [7, 11) is 0. The van der Waals surface area contributed by atoms with Crippen LogP contribution in [0, 0.1) is 11.6 Å². The largest absolute Gasteiger partial charge is 0.325 e. The van der Waals surface area contributed by atoms with Crippen LogP contribution in [0.2, 0.25) is 0 Å². The van der Waals surface area contributed by atoms with Crippen molar-refractivity contribution >= 4 is 23.4 Å². The van der Waals surface area contributed by atoms with Crippen LogP contribution in [0.4, 0.5) is 14.5 Å². The van der Waals surface area contributed by atoms with Gasteiger partial charge in [-0.2, -0.15) is 0 Å². The van der Waals surface area contributed by atoms with Crippen molar-refractivity contribution in [1.29, 1.82) is 0 Å². The molecule has 1 aromatic heterocycles. The number of aromatic nitrogens is 3. The molecule has 5 nitrogen and oxygen atoms in total. The highest BCUT2D eigenvalue weighted by molar-refractivity contribution is 8.00. The van der Waals surface area contributed by atoms with Crippen LogP contribution in [-0.2, 0) is 4.79 Å². The summed E-state index contributed by atoms with van der Waals surface area (Å²) in [6.45, 7) is 3.74. The molecule has 1 N–H and O–H groups in total. The number of halogens is 2. The smallest absolute Gasteiger partial charge is 0.237 e. The monoisotopic (exact) mass is 388 g/mol. The molecule has 3 aromatic rings. The number of benzene rings is 2. The molecule has 1 heterocycles. The number of carbonyl (C=O) groups is 1. The molecule has 3 rings (SSSR count). The molecule has 2 atom stereocenters. The molecule has 0 spiro atoms. The highest BCUT2D eigenvalue weighted by atomic mass is 32.2. The summed E-state index contributed by atoms with van der Waals surface area (Å²) in [5.41, 5.74) is 1.29. The molecule has 8 heteroatoms. The van der Waals surface area contributed by atoms with E-state index in [0.717, 1.165) is 17.7 Å². The number of thioether (sulfide) groups is 1. The maximum Gasteiger partial charge on any atom is 0.237 e. The summed E-state index contributed by atoms with van der Waals surface area (Å²) in [6.07, 6.45) is 1.62. The van der Waals surface area contributed by atoms with Crippen molar-refractivity contribution in [2.45, 2.75) is 30.3 Å². The zero-order valence-electron chi connectivity index (χ0n) is 14.8. The minimum absolute atomic E-state index is 0.00477. The maximum absolute atomic E-state index is 13.3. The van der Waals surface area contributed by atoms with Gasteiger partial charge in [-0.15, -0.1) is 10.2 Å². The Balaban J connectivity index is 1.69. The summed E-state index contributed by atoms with van der Waals surface area (Å²) in [5, 5.41) is 10.7. The third-order valence-electron chi connectivity index (χ3n) is 4.08. The van der Waals surface area contributed by atoms with Crippen molar-refractivity contribution in [2.75, 3.05) is 5.32 Å². The molecule has 0 radical (unpaired) electrons. The van der Waals surface area contributed by atoms with E-state index in [1.807, 2.05) is 41.8 Å². The lowest BCUT2D eigenvalue weighted by Gasteiger charge is -2.17. The molecular weight excluding hydrogens is 370 g/mol. The number of hydrogen-bond acceptors (Lipinski definition) is 4. The lowest BCUT2D eigenvalue weighted by Crippen LogP contribution is -2.23. The van der Waals surface area contributed by atoms with Gasteiger partial charge >= 0.3 is 0 Å². The lowest BCUT2D eigenvalue weighted by molar-refractivity contribution is -0.115. The van der Waals surface area contributed by atoms with E-state index in [0.29, 0.717) is 5.16 Å². The van der Waals surface area contributed by atoms with Crippen LogP contribution >= 0.6 is 11.8 Å². The fourth-order valence-corrected chi connectivity index (χ4v) is 3.41. The summed E-state index contributed by atoms with van der Waals surface area (Å²) in [5.74, 6) is -2.31. The van der Waals surface area contributed by atoms with Gasteiger partial charge in [-0.25, -0.2) is 8.78 Å². The van der Waals surface area contributed by atoms with Gasteiger partial charge in [0.05, 0.1) is 11.3 Å². The topological polar surface area (TPSA) is 59.8 Å². The summed E-state index contributed by atoms with van der Waals surface area (Å²) < 4.78 is 28.2. The van der Waals surface area contributed by atoms with Gasteiger partial charge in [-0.05, 0) is 31.5 Å². The summed E-state index contributed by atoms with van der Waals surface area (Å²) in [4.78, 5) is 12.4. The van der Waals surface area contributed by atoms with E-state index in [2.05, 4.69) is 15.5 Å². The molecule has 0 bridgehead atoms. The number of nitrogens with zero attached hydrogens (tertiary/aromatic N) is 3. The average molecular weight is 388 g/mol. The fourth-order valence-electron chi connectivity index (χ4n) is 2.50. The van der Waals surface area contributed by atoms with Crippen LogP contribution in [0.5, 0.6) is 0 Å². The Labute approximate surface area is 159 Å². The molecule has 0 saturated heterocycles. The predicted octanol–water partition coefficient (Wildman–Crippen LogP) is 4.28. The van der Waals surface area contributed by atoms with E-state index in [1.165, 1.54) is 17.8 Å².